The number of aromatic nitrogens is 1. The summed E-state index contributed by atoms with van der Waals surface area (Å²) in [4.78, 5) is 22.8. The van der Waals surface area contributed by atoms with Crippen LogP contribution in [0.4, 0.5) is 5.69 Å². The second-order valence-electron chi connectivity index (χ2n) is 6.33. The number of hydrogen-bond donors (Lipinski definition) is 3. The minimum absolute atomic E-state index is 0.0702. The molecule has 0 bridgehead atoms. The lowest BCUT2D eigenvalue weighted by molar-refractivity contribution is -0.125. The lowest BCUT2D eigenvalue weighted by atomic mass is 10.1. The number of amides is 2. The van der Waals surface area contributed by atoms with Crippen molar-refractivity contribution in [3.8, 4) is 5.88 Å². The van der Waals surface area contributed by atoms with Crippen molar-refractivity contribution < 1.29 is 14.7 Å². The second-order valence-corrected chi connectivity index (χ2v) is 6.77. The molecule has 0 saturated carbocycles. The third kappa shape index (κ3) is 4.80. The van der Waals surface area contributed by atoms with E-state index in [1.54, 1.807) is 22.8 Å². The number of aromatic hydroxyl groups is 1. The summed E-state index contributed by atoms with van der Waals surface area (Å²) in [5.74, 6) is 4.30. The zero-order chi connectivity index (χ0) is 19.3. The van der Waals surface area contributed by atoms with Gasteiger partial charge >= 0.3 is 0 Å². The molecule has 2 amide bonds. The standard InChI is InChI=1S/C17H22ClN5O3/c1-10(2)7-8-23-13-4-3-11(18)9-12(13)16(17(23)26)22-21-15(25)6-5-14(24)20-19/h3-4,9-10,26H,5-8,19H2,1-2H3,(H,20,24). The van der Waals surface area contributed by atoms with Gasteiger partial charge < -0.3 is 9.67 Å². The summed E-state index contributed by atoms with van der Waals surface area (Å²) < 4.78 is 1.73. The minimum Gasteiger partial charge on any atom is -0.493 e. The molecule has 1 heterocycles. The molecule has 0 aliphatic rings. The van der Waals surface area contributed by atoms with Gasteiger partial charge in [0.05, 0.1) is 5.52 Å². The molecule has 0 unspecified atom stereocenters. The molecular weight excluding hydrogens is 358 g/mol. The Morgan fingerprint density at radius 3 is 2.73 bits per heavy atom. The van der Waals surface area contributed by atoms with Crippen LogP contribution in [0.1, 0.15) is 33.1 Å². The van der Waals surface area contributed by atoms with Gasteiger partial charge in [0, 0.05) is 29.8 Å². The molecule has 0 radical (unpaired) electrons. The number of rotatable bonds is 7. The van der Waals surface area contributed by atoms with E-state index in [-0.39, 0.29) is 24.4 Å². The predicted octanol–water partition coefficient (Wildman–Crippen LogP) is 3.43. The number of nitrogens with two attached hydrogens (primary N) is 1. The number of carbonyl (C=O) groups excluding carboxylic acids is 2. The van der Waals surface area contributed by atoms with Crippen molar-refractivity contribution in [1.29, 1.82) is 0 Å². The Kier molecular flexibility index (Phi) is 6.70. The number of aryl methyl sites for hydroxylation is 1. The predicted molar refractivity (Wildman–Crippen MR) is 99.2 cm³/mol. The van der Waals surface area contributed by atoms with Gasteiger partial charge in [-0.05, 0) is 30.5 Å². The molecule has 1 aromatic heterocycles. The molecule has 0 aliphatic heterocycles. The van der Waals surface area contributed by atoms with Gasteiger partial charge in [0.15, 0.2) is 5.69 Å². The van der Waals surface area contributed by atoms with E-state index in [1.807, 2.05) is 5.43 Å². The average molecular weight is 380 g/mol. The fourth-order valence-corrected chi connectivity index (χ4v) is 2.63. The fraction of sp³-hybridized carbons (Fsp3) is 0.412. The summed E-state index contributed by atoms with van der Waals surface area (Å²) >= 11 is 6.06. The largest absolute Gasteiger partial charge is 0.493 e. The van der Waals surface area contributed by atoms with E-state index in [1.165, 1.54) is 0 Å². The highest BCUT2D eigenvalue weighted by atomic mass is 35.5. The molecular formula is C17H22ClN5O3. The lowest BCUT2D eigenvalue weighted by Gasteiger charge is -2.08. The maximum Gasteiger partial charge on any atom is 0.265 e. The van der Waals surface area contributed by atoms with E-state index in [2.05, 4.69) is 24.1 Å². The van der Waals surface area contributed by atoms with Crippen LogP contribution in [-0.4, -0.2) is 21.5 Å². The lowest BCUT2D eigenvalue weighted by Crippen LogP contribution is -2.30. The second kappa shape index (κ2) is 8.77. The molecule has 0 atom stereocenters. The van der Waals surface area contributed by atoms with Gasteiger partial charge in [0.1, 0.15) is 0 Å². The summed E-state index contributed by atoms with van der Waals surface area (Å²) in [6, 6.07) is 5.19. The Bertz CT molecular complexity index is 845. The Balaban J connectivity index is 2.32. The van der Waals surface area contributed by atoms with Crippen LogP contribution in [-0.2, 0) is 16.1 Å². The molecule has 4 N–H and O–H groups in total. The van der Waals surface area contributed by atoms with Gasteiger partial charge in [0.2, 0.25) is 11.8 Å². The number of hydrazine groups is 1. The van der Waals surface area contributed by atoms with E-state index in [4.69, 9.17) is 17.4 Å². The van der Waals surface area contributed by atoms with E-state index in [0.29, 0.717) is 22.9 Å². The first-order chi connectivity index (χ1) is 12.3. The Hall–Kier alpha value is -2.45. The van der Waals surface area contributed by atoms with Crippen molar-refractivity contribution in [3.05, 3.63) is 23.2 Å². The SMILES string of the molecule is CC(C)CCn1c(O)c(N=NC(=O)CCC(=O)NN)c2cc(Cl)ccc21. The minimum atomic E-state index is -0.585. The summed E-state index contributed by atoms with van der Waals surface area (Å²) in [6.07, 6.45) is 0.659. The van der Waals surface area contributed by atoms with Gasteiger partial charge in [-0.3, -0.25) is 15.0 Å². The van der Waals surface area contributed by atoms with Crippen molar-refractivity contribution >= 4 is 40.0 Å². The van der Waals surface area contributed by atoms with Crippen LogP contribution in [0, 0.1) is 5.92 Å². The third-order valence-electron chi connectivity index (χ3n) is 3.89. The first-order valence-corrected chi connectivity index (χ1v) is 8.66. The quantitative estimate of drug-likeness (QED) is 0.295. The maximum atomic E-state index is 11.8. The summed E-state index contributed by atoms with van der Waals surface area (Å²) in [6.45, 7) is 4.79. The molecule has 140 valence electrons. The Labute approximate surface area is 156 Å². The van der Waals surface area contributed by atoms with E-state index < -0.39 is 11.8 Å². The van der Waals surface area contributed by atoms with Gasteiger partial charge in [0.25, 0.3) is 5.91 Å². The number of fused-ring (bicyclic) bond motifs is 1. The van der Waals surface area contributed by atoms with Crippen LogP contribution < -0.4 is 11.3 Å². The van der Waals surface area contributed by atoms with Gasteiger partial charge in [-0.25, -0.2) is 5.84 Å². The van der Waals surface area contributed by atoms with Crippen LogP contribution in [0.3, 0.4) is 0 Å². The molecule has 2 aromatic rings. The van der Waals surface area contributed by atoms with Crippen molar-refractivity contribution in [2.75, 3.05) is 0 Å². The van der Waals surface area contributed by atoms with Crippen LogP contribution in [0.15, 0.2) is 28.4 Å². The Morgan fingerprint density at radius 2 is 2.08 bits per heavy atom. The Morgan fingerprint density at radius 1 is 1.35 bits per heavy atom. The topological polar surface area (TPSA) is 122 Å². The van der Waals surface area contributed by atoms with E-state index >= 15 is 0 Å². The maximum absolute atomic E-state index is 11.8. The van der Waals surface area contributed by atoms with Crippen molar-refractivity contribution in [3.63, 3.8) is 0 Å². The van der Waals surface area contributed by atoms with E-state index in [0.717, 1.165) is 11.9 Å². The van der Waals surface area contributed by atoms with Gasteiger partial charge in [-0.15, -0.1) is 10.2 Å². The van der Waals surface area contributed by atoms with Gasteiger partial charge in [-0.1, -0.05) is 25.4 Å². The number of carbonyl (C=O) groups is 2. The first-order valence-electron chi connectivity index (χ1n) is 8.28. The third-order valence-corrected chi connectivity index (χ3v) is 4.13. The monoisotopic (exact) mass is 379 g/mol. The zero-order valence-electron chi connectivity index (χ0n) is 14.7. The number of azo groups is 1. The molecule has 9 heteroatoms. The fourth-order valence-electron chi connectivity index (χ4n) is 2.46. The highest BCUT2D eigenvalue weighted by Gasteiger charge is 2.17. The van der Waals surface area contributed by atoms with Crippen molar-refractivity contribution in [2.24, 2.45) is 22.0 Å². The normalized spacial score (nSPS) is 11.6. The van der Waals surface area contributed by atoms with Crippen LogP contribution in [0.25, 0.3) is 10.9 Å². The molecule has 2 rings (SSSR count). The molecule has 26 heavy (non-hydrogen) atoms. The highest BCUT2D eigenvalue weighted by Crippen LogP contribution is 2.40. The van der Waals surface area contributed by atoms with Crippen LogP contribution in [0.5, 0.6) is 5.88 Å². The number of halogens is 1. The molecule has 0 fully saturated rings. The van der Waals surface area contributed by atoms with E-state index in [9.17, 15) is 14.7 Å². The number of nitrogens with one attached hydrogen (secondary N) is 1. The summed E-state index contributed by atoms with van der Waals surface area (Å²) in [7, 11) is 0. The molecule has 0 aliphatic carbocycles. The number of nitrogens with zero attached hydrogens (tertiary/aromatic N) is 3. The van der Waals surface area contributed by atoms with Gasteiger partial charge in [-0.2, -0.15) is 0 Å². The smallest absolute Gasteiger partial charge is 0.265 e. The van der Waals surface area contributed by atoms with Crippen LogP contribution >= 0.6 is 11.6 Å². The molecule has 1 aromatic carbocycles. The number of benzene rings is 1. The van der Waals surface area contributed by atoms with Crippen molar-refractivity contribution in [2.45, 2.75) is 39.7 Å². The molecule has 0 saturated heterocycles. The molecule has 0 spiro atoms. The molecule has 8 nitrogen and oxygen atoms in total. The number of hydrogen-bond acceptors (Lipinski definition) is 5. The highest BCUT2D eigenvalue weighted by molar-refractivity contribution is 6.31. The first kappa shape index (κ1) is 19.9. The van der Waals surface area contributed by atoms with Crippen LogP contribution in [0.2, 0.25) is 5.02 Å². The van der Waals surface area contributed by atoms with Crippen molar-refractivity contribution in [1.82, 2.24) is 9.99 Å². The summed E-state index contributed by atoms with van der Waals surface area (Å²) in [5.41, 5.74) is 2.88. The average Bonchev–Trinajstić information content (AvgIpc) is 2.86. The zero-order valence-corrected chi connectivity index (χ0v) is 15.5. The summed E-state index contributed by atoms with van der Waals surface area (Å²) in [5, 5.41) is 19.2.